The van der Waals surface area contributed by atoms with E-state index in [1.807, 2.05) is 30.3 Å². The Hall–Kier alpha value is -1.63. The number of pyridine rings is 1. The Morgan fingerprint density at radius 3 is 2.67 bits per heavy atom. The summed E-state index contributed by atoms with van der Waals surface area (Å²) in [6.07, 6.45) is 1.92. The van der Waals surface area contributed by atoms with E-state index >= 15 is 0 Å². The normalized spacial score (nSPS) is 11.3. The molecule has 112 valence electrons. The minimum absolute atomic E-state index is 0.103. The number of benzene rings is 1. The van der Waals surface area contributed by atoms with Crippen molar-refractivity contribution in [3.63, 3.8) is 0 Å². The van der Waals surface area contributed by atoms with Crippen LogP contribution >= 0.6 is 11.6 Å². The number of hydrogen-bond acceptors (Lipinski definition) is 4. The van der Waals surface area contributed by atoms with E-state index in [4.69, 9.17) is 16.3 Å². The average molecular weight is 327 g/mol. The Labute approximate surface area is 129 Å². The molecule has 0 amide bonds. The molecule has 1 heterocycles. The molecular weight excluding hydrogens is 312 g/mol. The third-order valence-corrected chi connectivity index (χ3v) is 4.30. The number of nitrogens with one attached hydrogen (secondary N) is 1. The Balaban J connectivity index is 1.78. The van der Waals surface area contributed by atoms with E-state index in [-0.39, 0.29) is 16.6 Å². The van der Waals surface area contributed by atoms with E-state index in [0.29, 0.717) is 13.0 Å². The van der Waals surface area contributed by atoms with Gasteiger partial charge in [-0.15, -0.1) is 0 Å². The van der Waals surface area contributed by atoms with Crippen LogP contribution in [0.5, 0.6) is 5.75 Å². The van der Waals surface area contributed by atoms with Crippen molar-refractivity contribution in [2.24, 2.45) is 0 Å². The molecule has 0 aliphatic carbocycles. The van der Waals surface area contributed by atoms with E-state index in [9.17, 15) is 8.42 Å². The van der Waals surface area contributed by atoms with E-state index < -0.39 is 10.0 Å². The highest BCUT2D eigenvalue weighted by Crippen LogP contribution is 2.12. The molecule has 1 N–H and O–H groups in total. The number of nitrogens with zero attached hydrogens (tertiary/aromatic N) is 1. The van der Waals surface area contributed by atoms with Crippen molar-refractivity contribution in [1.82, 2.24) is 9.71 Å². The maximum Gasteiger partial charge on any atom is 0.240 e. The highest BCUT2D eigenvalue weighted by Gasteiger charge is 2.13. The molecule has 0 fully saturated rings. The summed E-state index contributed by atoms with van der Waals surface area (Å²) in [6.45, 7) is 0.721. The molecule has 0 radical (unpaired) electrons. The number of aromatic nitrogens is 1. The van der Waals surface area contributed by atoms with Crippen molar-refractivity contribution in [3.05, 3.63) is 53.8 Å². The van der Waals surface area contributed by atoms with Crippen LogP contribution in [-0.4, -0.2) is 26.6 Å². The van der Waals surface area contributed by atoms with Crippen LogP contribution < -0.4 is 9.46 Å². The van der Waals surface area contributed by atoms with Gasteiger partial charge in [0, 0.05) is 12.7 Å². The highest BCUT2D eigenvalue weighted by molar-refractivity contribution is 7.89. The summed E-state index contributed by atoms with van der Waals surface area (Å²) in [5, 5.41) is 0.144. The molecule has 0 aliphatic heterocycles. The van der Waals surface area contributed by atoms with Crippen molar-refractivity contribution in [3.8, 4) is 5.75 Å². The zero-order valence-electron chi connectivity index (χ0n) is 11.2. The molecule has 1 aromatic carbocycles. The molecule has 0 saturated heterocycles. The molecule has 21 heavy (non-hydrogen) atoms. The van der Waals surface area contributed by atoms with Crippen molar-refractivity contribution >= 4 is 21.6 Å². The molecule has 0 spiro atoms. The van der Waals surface area contributed by atoms with Crippen molar-refractivity contribution in [1.29, 1.82) is 0 Å². The van der Waals surface area contributed by atoms with Gasteiger partial charge in [-0.1, -0.05) is 29.8 Å². The van der Waals surface area contributed by atoms with E-state index in [1.165, 1.54) is 18.3 Å². The quantitative estimate of drug-likeness (QED) is 0.627. The van der Waals surface area contributed by atoms with Crippen molar-refractivity contribution in [2.45, 2.75) is 11.3 Å². The van der Waals surface area contributed by atoms with Crippen LogP contribution in [-0.2, 0) is 10.0 Å². The molecular formula is C14H15ClN2O3S. The number of hydrogen-bond donors (Lipinski definition) is 1. The largest absolute Gasteiger partial charge is 0.494 e. The second-order valence-electron chi connectivity index (χ2n) is 4.23. The van der Waals surface area contributed by atoms with Gasteiger partial charge in [0.1, 0.15) is 10.9 Å². The van der Waals surface area contributed by atoms with Gasteiger partial charge >= 0.3 is 0 Å². The van der Waals surface area contributed by atoms with Gasteiger partial charge in [0.05, 0.1) is 11.5 Å². The summed E-state index contributed by atoms with van der Waals surface area (Å²) in [5.41, 5.74) is 0. The lowest BCUT2D eigenvalue weighted by atomic mass is 10.3. The number of ether oxygens (including phenoxy) is 1. The first-order valence-electron chi connectivity index (χ1n) is 6.37. The fourth-order valence-corrected chi connectivity index (χ4v) is 2.95. The second kappa shape index (κ2) is 7.40. The Morgan fingerprint density at radius 1 is 1.19 bits per heavy atom. The summed E-state index contributed by atoms with van der Waals surface area (Å²) < 4.78 is 31.9. The minimum atomic E-state index is -3.56. The lowest BCUT2D eigenvalue weighted by Gasteiger charge is -2.08. The van der Waals surface area contributed by atoms with Gasteiger partial charge in [-0.2, -0.15) is 0 Å². The van der Waals surface area contributed by atoms with Crippen LogP contribution in [0.4, 0.5) is 0 Å². The first-order valence-corrected chi connectivity index (χ1v) is 8.23. The van der Waals surface area contributed by atoms with Gasteiger partial charge < -0.3 is 4.74 Å². The van der Waals surface area contributed by atoms with Crippen LogP contribution in [0.2, 0.25) is 5.15 Å². The number of rotatable bonds is 7. The first-order chi connectivity index (χ1) is 10.1. The minimum Gasteiger partial charge on any atom is -0.494 e. The maximum atomic E-state index is 12.0. The molecule has 0 bridgehead atoms. The zero-order chi connectivity index (χ0) is 15.1. The van der Waals surface area contributed by atoms with Gasteiger partial charge in [-0.3, -0.25) is 0 Å². The van der Waals surface area contributed by atoms with Crippen LogP contribution in [0.15, 0.2) is 53.6 Å². The van der Waals surface area contributed by atoms with Crippen LogP contribution in [0, 0.1) is 0 Å². The SMILES string of the molecule is O=S(=O)(NCCCOc1ccccc1)c1ccnc(Cl)c1. The van der Waals surface area contributed by atoms with Crippen LogP contribution in [0.3, 0.4) is 0 Å². The third-order valence-electron chi connectivity index (χ3n) is 2.63. The Kier molecular flexibility index (Phi) is 5.55. The standard InChI is InChI=1S/C14H15ClN2O3S/c15-14-11-13(7-9-16-14)21(18,19)17-8-4-10-20-12-5-2-1-3-6-12/h1-3,5-7,9,11,17H,4,8,10H2. The Morgan fingerprint density at radius 2 is 1.95 bits per heavy atom. The highest BCUT2D eigenvalue weighted by atomic mass is 35.5. The van der Waals surface area contributed by atoms with Crippen LogP contribution in [0.25, 0.3) is 0 Å². The summed E-state index contributed by atoms with van der Waals surface area (Å²) >= 11 is 5.68. The lowest BCUT2D eigenvalue weighted by Crippen LogP contribution is -2.25. The van der Waals surface area contributed by atoms with Gasteiger partial charge in [0.2, 0.25) is 10.0 Å². The predicted molar refractivity (Wildman–Crippen MR) is 81.0 cm³/mol. The van der Waals surface area contributed by atoms with Crippen molar-refractivity contribution in [2.75, 3.05) is 13.2 Å². The molecule has 0 aliphatic rings. The fourth-order valence-electron chi connectivity index (χ4n) is 1.62. The summed E-state index contributed by atoms with van der Waals surface area (Å²) in [4.78, 5) is 3.85. The van der Waals surface area contributed by atoms with Gasteiger partial charge in [-0.05, 0) is 30.7 Å². The molecule has 2 aromatic rings. The van der Waals surface area contributed by atoms with Crippen LogP contribution in [0.1, 0.15) is 6.42 Å². The fraction of sp³-hybridized carbons (Fsp3) is 0.214. The molecule has 0 atom stereocenters. The van der Waals surface area contributed by atoms with E-state index in [1.54, 1.807) is 0 Å². The molecule has 5 nitrogen and oxygen atoms in total. The Bertz CT molecular complexity index is 678. The summed E-state index contributed by atoms with van der Waals surface area (Å²) in [5.74, 6) is 0.765. The molecule has 1 aromatic heterocycles. The monoisotopic (exact) mass is 326 g/mol. The smallest absolute Gasteiger partial charge is 0.240 e. The topological polar surface area (TPSA) is 68.3 Å². The van der Waals surface area contributed by atoms with Gasteiger partial charge in [-0.25, -0.2) is 18.1 Å². The maximum absolute atomic E-state index is 12.0. The zero-order valence-corrected chi connectivity index (χ0v) is 12.8. The summed E-state index contributed by atoms with van der Waals surface area (Å²) in [7, 11) is -3.56. The number of halogens is 1. The third kappa shape index (κ3) is 5.00. The lowest BCUT2D eigenvalue weighted by molar-refractivity contribution is 0.311. The molecule has 0 unspecified atom stereocenters. The molecule has 7 heteroatoms. The number of para-hydroxylation sites is 1. The second-order valence-corrected chi connectivity index (χ2v) is 6.38. The van der Waals surface area contributed by atoms with Crippen molar-refractivity contribution < 1.29 is 13.2 Å². The predicted octanol–water partition coefficient (Wildman–Crippen LogP) is 2.48. The number of sulfonamides is 1. The van der Waals surface area contributed by atoms with E-state index in [0.717, 1.165) is 5.75 Å². The van der Waals surface area contributed by atoms with E-state index in [2.05, 4.69) is 9.71 Å². The van der Waals surface area contributed by atoms with Gasteiger partial charge in [0.15, 0.2) is 0 Å². The molecule has 2 rings (SSSR count). The van der Waals surface area contributed by atoms with Gasteiger partial charge in [0.25, 0.3) is 0 Å². The first kappa shape index (κ1) is 15.8. The summed E-state index contributed by atoms with van der Waals surface area (Å²) in [6, 6.07) is 12.1. The average Bonchev–Trinajstić information content (AvgIpc) is 2.48. The molecule has 0 saturated carbocycles.